The highest BCUT2D eigenvalue weighted by molar-refractivity contribution is 7.18. The molecule has 2 aromatic rings. The van der Waals surface area contributed by atoms with Gasteiger partial charge in [0.1, 0.15) is 17.2 Å². The zero-order valence-corrected chi connectivity index (χ0v) is 13.6. The Hall–Kier alpha value is -1.90. The van der Waals surface area contributed by atoms with Crippen LogP contribution in [0.4, 0.5) is 13.2 Å². The van der Waals surface area contributed by atoms with Crippen molar-refractivity contribution in [3.63, 3.8) is 0 Å². The zero-order valence-electron chi connectivity index (χ0n) is 12.8. The van der Waals surface area contributed by atoms with E-state index in [1.807, 2.05) is 0 Å². The summed E-state index contributed by atoms with van der Waals surface area (Å²) in [6, 6.07) is 0. The van der Waals surface area contributed by atoms with Gasteiger partial charge in [-0.05, 0) is 31.2 Å². The maximum Gasteiger partial charge on any atom is 0.405 e. The summed E-state index contributed by atoms with van der Waals surface area (Å²) < 4.78 is 36.1. The summed E-state index contributed by atoms with van der Waals surface area (Å²) in [6.45, 7) is -1.35. The number of hydrogen-bond donors (Lipinski definition) is 2. The number of hydrogen-bond acceptors (Lipinski definition) is 4. The molecule has 1 amide bonds. The summed E-state index contributed by atoms with van der Waals surface area (Å²) in [5, 5.41) is 2.43. The summed E-state index contributed by atoms with van der Waals surface area (Å²) in [4.78, 5) is 32.6. The van der Waals surface area contributed by atoms with E-state index in [0.717, 1.165) is 31.2 Å². The first-order valence-corrected chi connectivity index (χ1v) is 8.52. The van der Waals surface area contributed by atoms with E-state index in [1.54, 1.807) is 5.32 Å². The van der Waals surface area contributed by atoms with Crippen molar-refractivity contribution in [2.75, 3.05) is 6.54 Å². The lowest BCUT2D eigenvalue weighted by atomic mass is 9.97. The van der Waals surface area contributed by atoms with Crippen LogP contribution in [-0.4, -0.2) is 28.6 Å². The number of carbonyl (C=O) groups excluding carboxylic acids is 1. The van der Waals surface area contributed by atoms with E-state index in [-0.39, 0.29) is 18.4 Å². The Labute approximate surface area is 139 Å². The van der Waals surface area contributed by atoms with Crippen LogP contribution in [0, 0.1) is 0 Å². The van der Waals surface area contributed by atoms with E-state index in [2.05, 4.69) is 9.97 Å². The largest absolute Gasteiger partial charge is 0.405 e. The van der Waals surface area contributed by atoms with Crippen molar-refractivity contribution >= 4 is 27.5 Å². The number of halogens is 3. The van der Waals surface area contributed by atoms with Crippen molar-refractivity contribution in [2.24, 2.45) is 0 Å². The fraction of sp³-hybridized carbons (Fsp3) is 0.533. The molecule has 0 bridgehead atoms. The second-order valence-corrected chi connectivity index (χ2v) is 6.88. The summed E-state index contributed by atoms with van der Waals surface area (Å²) in [5.41, 5.74) is 0.842. The Morgan fingerprint density at radius 3 is 2.79 bits per heavy atom. The molecule has 0 aliphatic heterocycles. The molecule has 0 fully saturated rings. The smallest absolute Gasteiger partial charge is 0.347 e. The highest BCUT2D eigenvalue weighted by Crippen LogP contribution is 2.33. The number of H-pyrrole nitrogens is 1. The molecule has 0 aromatic carbocycles. The number of carbonyl (C=O) groups is 1. The van der Waals surface area contributed by atoms with Gasteiger partial charge in [0.25, 0.3) is 5.56 Å². The van der Waals surface area contributed by atoms with Crippen molar-refractivity contribution in [3.8, 4) is 0 Å². The zero-order chi connectivity index (χ0) is 17.3. The maximum atomic E-state index is 12.3. The van der Waals surface area contributed by atoms with E-state index in [1.165, 1.54) is 16.2 Å². The van der Waals surface area contributed by atoms with Gasteiger partial charge in [0.2, 0.25) is 5.91 Å². The Kier molecular flexibility index (Phi) is 4.62. The molecule has 24 heavy (non-hydrogen) atoms. The van der Waals surface area contributed by atoms with Crippen LogP contribution in [0.15, 0.2) is 4.79 Å². The van der Waals surface area contributed by atoms with E-state index in [4.69, 9.17) is 0 Å². The van der Waals surface area contributed by atoms with Gasteiger partial charge in [-0.3, -0.25) is 9.59 Å². The fourth-order valence-corrected chi connectivity index (χ4v) is 4.13. The monoisotopic (exact) mass is 359 g/mol. The summed E-state index contributed by atoms with van der Waals surface area (Å²) in [7, 11) is 0. The van der Waals surface area contributed by atoms with Crippen LogP contribution in [-0.2, 0) is 24.1 Å². The predicted molar refractivity (Wildman–Crippen MR) is 84.3 cm³/mol. The molecule has 1 aliphatic carbocycles. The number of fused-ring (bicyclic) bond motifs is 3. The average molecular weight is 359 g/mol. The first-order chi connectivity index (χ1) is 11.3. The third kappa shape index (κ3) is 3.77. The molecule has 0 unspecified atom stereocenters. The molecule has 0 radical (unpaired) electrons. The second-order valence-electron chi connectivity index (χ2n) is 5.80. The van der Waals surface area contributed by atoms with Crippen LogP contribution in [0.2, 0.25) is 0 Å². The van der Waals surface area contributed by atoms with Gasteiger partial charge in [-0.15, -0.1) is 11.3 Å². The van der Waals surface area contributed by atoms with Crippen molar-refractivity contribution in [3.05, 3.63) is 26.6 Å². The molecule has 9 heteroatoms. The van der Waals surface area contributed by atoms with Gasteiger partial charge < -0.3 is 10.3 Å². The molecule has 1 aliphatic rings. The minimum atomic E-state index is -4.43. The molecule has 0 spiro atoms. The molecule has 5 nitrogen and oxygen atoms in total. The lowest BCUT2D eigenvalue weighted by molar-refractivity contribution is -0.138. The van der Waals surface area contributed by atoms with Gasteiger partial charge >= 0.3 is 6.18 Å². The first kappa shape index (κ1) is 16.9. The standard InChI is InChI=1S/C15H16F3N3O2S/c16-15(17,18)7-19-11(22)6-5-10-20-13(23)12-8-3-1-2-4-9(8)24-14(12)21-10/h1-7H2,(H,19,22)(H,20,21,23). The normalized spacial score (nSPS) is 14.6. The maximum absolute atomic E-state index is 12.3. The molecular formula is C15H16F3N3O2S. The number of rotatable bonds is 4. The first-order valence-electron chi connectivity index (χ1n) is 7.70. The quantitative estimate of drug-likeness (QED) is 0.881. The summed E-state index contributed by atoms with van der Waals surface area (Å²) >= 11 is 1.50. The second kappa shape index (κ2) is 6.54. The lowest BCUT2D eigenvalue weighted by Crippen LogP contribution is -2.33. The molecule has 3 rings (SSSR count). The Morgan fingerprint density at radius 2 is 2.04 bits per heavy atom. The van der Waals surface area contributed by atoms with Crippen LogP contribution in [0.3, 0.4) is 0 Å². The van der Waals surface area contributed by atoms with Crippen LogP contribution < -0.4 is 10.9 Å². The highest BCUT2D eigenvalue weighted by Gasteiger charge is 2.27. The molecule has 0 atom stereocenters. The average Bonchev–Trinajstić information content (AvgIpc) is 2.89. The Bertz CT molecular complexity index is 826. The summed E-state index contributed by atoms with van der Waals surface area (Å²) in [5.74, 6) is -0.395. The number of aromatic amines is 1. The van der Waals surface area contributed by atoms with Crippen molar-refractivity contribution in [1.29, 1.82) is 0 Å². The fourth-order valence-electron chi connectivity index (χ4n) is 2.85. The van der Waals surface area contributed by atoms with Gasteiger partial charge in [0.05, 0.1) is 5.39 Å². The van der Waals surface area contributed by atoms with Crippen LogP contribution >= 0.6 is 11.3 Å². The molecule has 2 heterocycles. The molecule has 0 saturated carbocycles. The van der Waals surface area contributed by atoms with E-state index < -0.39 is 18.6 Å². The van der Waals surface area contributed by atoms with Crippen LogP contribution in [0.1, 0.15) is 35.5 Å². The third-order valence-corrected chi connectivity index (χ3v) is 5.13. The number of nitrogens with zero attached hydrogens (tertiary/aromatic N) is 1. The predicted octanol–water partition coefficient (Wildman–Crippen LogP) is 2.47. The van der Waals surface area contributed by atoms with Gasteiger partial charge in [-0.25, -0.2) is 4.98 Å². The van der Waals surface area contributed by atoms with Crippen LogP contribution in [0.5, 0.6) is 0 Å². The molecule has 130 valence electrons. The van der Waals surface area contributed by atoms with E-state index >= 15 is 0 Å². The number of aryl methyl sites for hydroxylation is 3. The molecule has 2 aromatic heterocycles. The summed E-state index contributed by atoms with van der Waals surface area (Å²) in [6.07, 6.45) is -0.516. The molecule has 2 N–H and O–H groups in total. The van der Waals surface area contributed by atoms with Crippen molar-refractivity contribution in [1.82, 2.24) is 15.3 Å². The third-order valence-electron chi connectivity index (χ3n) is 3.95. The Morgan fingerprint density at radius 1 is 1.29 bits per heavy atom. The lowest BCUT2D eigenvalue weighted by Gasteiger charge is -2.09. The molecular weight excluding hydrogens is 343 g/mol. The number of aromatic nitrogens is 2. The number of amides is 1. The highest BCUT2D eigenvalue weighted by atomic mass is 32.1. The van der Waals surface area contributed by atoms with Crippen molar-refractivity contribution in [2.45, 2.75) is 44.7 Å². The number of alkyl halides is 3. The van der Waals surface area contributed by atoms with Gasteiger partial charge in [-0.2, -0.15) is 13.2 Å². The van der Waals surface area contributed by atoms with E-state index in [0.29, 0.717) is 16.0 Å². The Balaban J connectivity index is 1.72. The topological polar surface area (TPSA) is 74.8 Å². The van der Waals surface area contributed by atoms with Gasteiger partial charge in [0, 0.05) is 17.7 Å². The SMILES string of the molecule is O=C(CCc1nc2sc3c(c2c(=O)[nH]1)CCCC3)NCC(F)(F)F. The molecule has 0 saturated heterocycles. The van der Waals surface area contributed by atoms with Crippen molar-refractivity contribution < 1.29 is 18.0 Å². The van der Waals surface area contributed by atoms with Gasteiger partial charge in [-0.1, -0.05) is 0 Å². The van der Waals surface area contributed by atoms with E-state index in [9.17, 15) is 22.8 Å². The minimum absolute atomic E-state index is 0.0947. The number of thiophene rings is 1. The minimum Gasteiger partial charge on any atom is -0.347 e. The van der Waals surface area contributed by atoms with Gasteiger partial charge in [0.15, 0.2) is 0 Å². The number of nitrogens with one attached hydrogen (secondary N) is 2. The van der Waals surface area contributed by atoms with Crippen LogP contribution in [0.25, 0.3) is 10.2 Å².